The summed E-state index contributed by atoms with van der Waals surface area (Å²) in [5.74, 6) is 0. The SMILES string of the molecule is CCCCCCCC/C=C\CCCCCCCCC(N)CCCCCCCCCCCCCCC.CCCCCCCC/C=C\CCCCCCCCC(N)CCCCCCCCCCCCCCC.O=S(=O)(O)O. The van der Waals surface area contributed by atoms with Gasteiger partial charge < -0.3 is 11.5 Å². The molecular weight excluding hydrogens is 941 g/mol. The fourth-order valence-corrected chi connectivity index (χ4v) is 10.4. The lowest BCUT2D eigenvalue weighted by atomic mass is 10.00. The first-order valence-corrected chi connectivity index (χ1v) is 35.5. The first-order valence-electron chi connectivity index (χ1n) is 34.1. The highest BCUT2D eigenvalue weighted by Gasteiger charge is 2.04. The zero-order valence-electron chi connectivity index (χ0n) is 51.8. The summed E-state index contributed by atoms with van der Waals surface area (Å²) in [5, 5.41) is 0. The predicted molar refractivity (Wildman–Crippen MR) is 339 cm³/mol. The number of unbranched alkanes of at least 4 members (excludes halogenated alkanes) is 48. The Labute approximate surface area is 473 Å². The highest BCUT2D eigenvalue weighted by atomic mass is 32.3. The van der Waals surface area contributed by atoms with Gasteiger partial charge in [-0.3, -0.25) is 9.11 Å². The van der Waals surface area contributed by atoms with Gasteiger partial charge in [-0.1, -0.05) is 347 Å². The number of hydrogen-bond acceptors (Lipinski definition) is 4. The second kappa shape index (κ2) is 71.3. The van der Waals surface area contributed by atoms with Crippen molar-refractivity contribution in [1.82, 2.24) is 0 Å². The van der Waals surface area contributed by atoms with Gasteiger partial charge in [0.1, 0.15) is 0 Å². The van der Waals surface area contributed by atoms with Crippen LogP contribution in [0, 0.1) is 0 Å². The molecule has 0 heterocycles. The van der Waals surface area contributed by atoms with Crippen LogP contribution in [0.3, 0.4) is 0 Å². The van der Waals surface area contributed by atoms with Crippen molar-refractivity contribution in [1.29, 1.82) is 0 Å². The molecule has 2 atom stereocenters. The summed E-state index contributed by atoms with van der Waals surface area (Å²) >= 11 is 0. The van der Waals surface area contributed by atoms with E-state index >= 15 is 0 Å². The minimum Gasteiger partial charge on any atom is -0.328 e. The number of hydrogen-bond donors (Lipinski definition) is 4. The summed E-state index contributed by atoms with van der Waals surface area (Å²) in [5.41, 5.74) is 12.7. The van der Waals surface area contributed by atoms with Crippen molar-refractivity contribution in [3.63, 3.8) is 0 Å². The van der Waals surface area contributed by atoms with Gasteiger partial charge in [-0.15, -0.1) is 0 Å². The smallest absolute Gasteiger partial charge is 0.328 e. The molecule has 0 aromatic carbocycles. The third-order valence-electron chi connectivity index (χ3n) is 15.5. The molecule has 0 spiro atoms. The summed E-state index contributed by atoms with van der Waals surface area (Å²) in [6.45, 7) is 9.18. The van der Waals surface area contributed by atoms with E-state index in [1.165, 1.54) is 372 Å². The van der Waals surface area contributed by atoms with Crippen LogP contribution in [0.5, 0.6) is 0 Å². The van der Waals surface area contributed by atoms with Crippen LogP contribution in [-0.4, -0.2) is 29.6 Å². The summed E-state index contributed by atoms with van der Waals surface area (Å²) in [4.78, 5) is 0. The van der Waals surface area contributed by atoms with E-state index in [0.717, 1.165) is 0 Å². The van der Waals surface area contributed by atoms with Crippen molar-refractivity contribution >= 4 is 10.4 Å². The van der Waals surface area contributed by atoms with Gasteiger partial charge in [0.2, 0.25) is 0 Å². The molecule has 0 radical (unpaired) electrons. The first-order chi connectivity index (χ1) is 36.6. The summed E-state index contributed by atoms with van der Waals surface area (Å²) in [6, 6.07) is 0.916. The predicted octanol–water partition coefficient (Wildman–Crippen LogP) is 23.8. The van der Waals surface area contributed by atoms with Gasteiger partial charge in [0.05, 0.1) is 0 Å². The number of allylic oxidation sites excluding steroid dienone is 4. The average molecular weight is 1080 g/mol. The van der Waals surface area contributed by atoms with Crippen molar-refractivity contribution in [2.45, 2.75) is 412 Å². The number of rotatable bonds is 60. The molecule has 7 heteroatoms. The molecule has 0 fully saturated rings. The van der Waals surface area contributed by atoms with Crippen molar-refractivity contribution in [3.8, 4) is 0 Å². The van der Waals surface area contributed by atoms with Gasteiger partial charge in [0, 0.05) is 12.1 Å². The minimum atomic E-state index is -4.67. The van der Waals surface area contributed by atoms with Gasteiger partial charge in [0.15, 0.2) is 0 Å². The molecule has 0 aliphatic carbocycles. The summed E-state index contributed by atoms with van der Waals surface area (Å²) < 4.78 is 31.6. The Morgan fingerprint density at radius 1 is 0.253 bits per heavy atom. The molecule has 0 aromatic rings. The van der Waals surface area contributed by atoms with Crippen LogP contribution < -0.4 is 11.5 Å². The molecule has 0 bridgehead atoms. The van der Waals surface area contributed by atoms with Crippen LogP contribution in [0.2, 0.25) is 0 Å². The zero-order valence-corrected chi connectivity index (χ0v) is 52.6. The largest absolute Gasteiger partial charge is 0.394 e. The molecule has 2 unspecified atom stereocenters. The zero-order chi connectivity index (χ0) is 55.5. The van der Waals surface area contributed by atoms with Gasteiger partial charge >= 0.3 is 10.4 Å². The Balaban J connectivity index is -0.00000127. The van der Waals surface area contributed by atoms with E-state index in [1.54, 1.807) is 0 Å². The van der Waals surface area contributed by atoms with Crippen LogP contribution >= 0.6 is 0 Å². The minimum absolute atomic E-state index is 0.458. The standard InChI is InChI=1S/2C34H69N.H2O4S/c2*1-3-5-7-9-11-13-15-17-18-19-21-23-25-27-29-31-33-34(35)32-30-28-26-24-22-20-16-14-12-10-8-6-4-2;1-5(2,3)4/h2*17-18,34H,3-16,19-33,35H2,1-2H3;(H2,1,2,3,4)/b2*18-17-;. The van der Waals surface area contributed by atoms with Crippen LogP contribution in [-0.2, 0) is 10.4 Å². The Morgan fingerprint density at radius 3 is 0.520 bits per heavy atom. The van der Waals surface area contributed by atoms with E-state index in [1.807, 2.05) is 0 Å². The van der Waals surface area contributed by atoms with E-state index < -0.39 is 10.4 Å². The maximum atomic E-state index is 8.74. The number of nitrogens with two attached hydrogens (primary N) is 2. The molecule has 0 aliphatic rings. The molecule has 6 N–H and O–H groups in total. The fourth-order valence-electron chi connectivity index (χ4n) is 10.4. The topological polar surface area (TPSA) is 127 Å². The molecule has 75 heavy (non-hydrogen) atoms. The van der Waals surface area contributed by atoms with E-state index in [-0.39, 0.29) is 0 Å². The van der Waals surface area contributed by atoms with Crippen LogP contribution in [0.1, 0.15) is 400 Å². The lowest BCUT2D eigenvalue weighted by molar-refractivity contribution is 0.381. The average Bonchev–Trinajstić information content (AvgIpc) is 3.38. The fraction of sp³-hybridized carbons (Fsp3) is 0.941. The molecule has 0 saturated carbocycles. The van der Waals surface area contributed by atoms with Crippen molar-refractivity contribution in [2.24, 2.45) is 11.5 Å². The van der Waals surface area contributed by atoms with Crippen LogP contribution in [0.25, 0.3) is 0 Å². The molecule has 6 nitrogen and oxygen atoms in total. The van der Waals surface area contributed by atoms with Gasteiger partial charge in [-0.2, -0.15) is 8.42 Å². The van der Waals surface area contributed by atoms with Crippen LogP contribution in [0.15, 0.2) is 24.3 Å². The Bertz CT molecular complexity index is 1080. The molecule has 452 valence electrons. The van der Waals surface area contributed by atoms with Gasteiger partial charge in [0.25, 0.3) is 0 Å². The Morgan fingerprint density at radius 2 is 0.373 bits per heavy atom. The molecule has 0 rings (SSSR count). The van der Waals surface area contributed by atoms with Crippen molar-refractivity contribution in [3.05, 3.63) is 24.3 Å². The van der Waals surface area contributed by atoms with Crippen molar-refractivity contribution < 1.29 is 17.5 Å². The van der Waals surface area contributed by atoms with Gasteiger partial charge in [-0.25, -0.2) is 0 Å². The summed E-state index contributed by atoms with van der Waals surface area (Å²) in [7, 11) is -4.67. The Kier molecular flexibility index (Phi) is 74.6. The van der Waals surface area contributed by atoms with E-state index in [9.17, 15) is 0 Å². The third kappa shape index (κ3) is 87.4. The molecule has 0 amide bonds. The lowest BCUT2D eigenvalue weighted by Crippen LogP contribution is -2.19. The normalized spacial score (nSPS) is 12.6. The monoisotopic (exact) mass is 1080 g/mol. The highest BCUT2D eigenvalue weighted by molar-refractivity contribution is 7.79. The molecule has 0 aliphatic heterocycles. The maximum absolute atomic E-state index is 8.74. The molecular formula is C68H140N2O4S. The summed E-state index contributed by atoms with van der Waals surface area (Å²) in [6.07, 6.45) is 90.8. The molecule has 0 aromatic heterocycles. The molecule has 0 saturated heterocycles. The van der Waals surface area contributed by atoms with E-state index in [4.69, 9.17) is 29.0 Å². The van der Waals surface area contributed by atoms with E-state index in [0.29, 0.717) is 12.1 Å². The third-order valence-corrected chi connectivity index (χ3v) is 15.5. The second-order valence-electron chi connectivity index (χ2n) is 23.5. The second-order valence-corrected chi connectivity index (χ2v) is 24.4. The lowest BCUT2D eigenvalue weighted by Gasteiger charge is -2.11. The van der Waals surface area contributed by atoms with Gasteiger partial charge in [-0.05, 0) is 77.0 Å². The Hall–Kier alpha value is -0.730. The van der Waals surface area contributed by atoms with E-state index in [2.05, 4.69) is 52.0 Å². The van der Waals surface area contributed by atoms with Crippen molar-refractivity contribution in [2.75, 3.05) is 0 Å². The quantitative estimate of drug-likeness (QED) is 0.0273. The highest BCUT2D eigenvalue weighted by Crippen LogP contribution is 2.18. The first kappa shape index (κ1) is 78.5. The van der Waals surface area contributed by atoms with Crippen LogP contribution in [0.4, 0.5) is 0 Å². The maximum Gasteiger partial charge on any atom is 0.394 e.